The topological polar surface area (TPSA) is 114 Å². The molecule has 0 rings (SSSR count). The van der Waals surface area contributed by atoms with Crippen LogP contribution in [0, 0.1) is 0 Å². The third-order valence-electron chi connectivity index (χ3n) is 0. The van der Waals surface area contributed by atoms with Gasteiger partial charge >= 0.3 is 128 Å². The van der Waals surface area contributed by atoms with E-state index in [-0.39, 0.29) is 70.2 Å². The molecule has 0 radical (unpaired) electrons. The van der Waals surface area contributed by atoms with Gasteiger partial charge in [0.15, 0.2) is 0 Å². The molecule has 6 nitrogen and oxygen atoms in total. The van der Waals surface area contributed by atoms with E-state index in [0.29, 0.717) is 0 Å². The molecule has 0 heterocycles. The van der Waals surface area contributed by atoms with Crippen LogP contribution in [0.25, 0.3) is 0 Å². The standard InChI is InChI=1S/K.Li.2Nb.6O/q2*+1;;;;;;;2*-1. The molecule has 0 aromatic heterocycles. The van der Waals surface area contributed by atoms with Crippen LogP contribution in [0.5, 0.6) is 0 Å². The van der Waals surface area contributed by atoms with Gasteiger partial charge in [-0.25, -0.2) is 0 Å². The monoisotopic (exact) mass is 328 g/mol. The van der Waals surface area contributed by atoms with Crippen LogP contribution in [-0.2, 0) is 50.6 Å². The van der Waals surface area contributed by atoms with Gasteiger partial charge in [0.1, 0.15) is 0 Å². The summed E-state index contributed by atoms with van der Waals surface area (Å²) in [5.74, 6) is 0. The first-order valence-electron chi connectivity index (χ1n) is 1.10. The van der Waals surface area contributed by atoms with Gasteiger partial charge in [-0.15, -0.1) is 0 Å². The van der Waals surface area contributed by atoms with Crippen LogP contribution in [-0.4, -0.2) is 0 Å². The minimum absolute atomic E-state index is 0. The summed E-state index contributed by atoms with van der Waals surface area (Å²) in [5.41, 5.74) is 0. The third kappa shape index (κ3) is 130. The summed E-state index contributed by atoms with van der Waals surface area (Å²) in [6.07, 6.45) is 0. The summed E-state index contributed by atoms with van der Waals surface area (Å²) in [5, 5.41) is 0. The van der Waals surface area contributed by atoms with E-state index in [1.165, 1.54) is 0 Å². The van der Waals surface area contributed by atoms with E-state index in [0.717, 1.165) is 0 Å². The van der Waals surface area contributed by atoms with Gasteiger partial charge in [-0.3, -0.25) is 0 Å². The fraction of sp³-hybridized carbons (Fsp3) is 0. The second kappa shape index (κ2) is 17.8. The molecule has 0 saturated carbocycles. The molecule has 0 bridgehead atoms. The summed E-state index contributed by atoms with van der Waals surface area (Å²) in [4.78, 5) is 0. The minimum atomic E-state index is -4.20. The van der Waals surface area contributed by atoms with Gasteiger partial charge in [0.2, 0.25) is 0 Å². The quantitative estimate of drug-likeness (QED) is 0.408. The van der Waals surface area contributed by atoms with E-state index in [1.807, 2.05) is 0 Å². The maximum absolute atomic E-state index is 8.60. The van der Waals surface area contributed by atoms with E-state index in [2.05, 4.69) is 0 Å². The van der Waals surface area contributed by atoms with Crippen molar-refractivity contribution >= 4 is 0 Å². The molecule has 0 saturated heterocycles. The van der Waals surface area contributed by atoms with Gasteiger partial charge in [-0.05, 0) is 0 Å². The van der Waals surface area contributed by atoms with Crippen molar-refractivity contribution in [3.63, 3.8) is 0 Å². The summed E-state index contributed by atoms with van der Waals surface area (Å²) in [6.45, 7) is 0. The van der Waals surface area contributed by atoms with E-state index >= 15 is 0 Å². The second-order valence-electron chi connectivity index (χ2n) is 0.447. The number of rotatable bonds is 0. The van der Waals surface area contributed by atoms with Crippen LogP contribution in [0.4, 0.5) is 0 Å². The predicted molar refractivity (Wildman–Crippen MR) is 2.75 cm³/mol. The van der Waals surface area contributed by atoms with Crippen molar-refractivity contribution in [2.45, 2.75) is 0 Å². The molecule has 10 heteroatoms. The van der Waals surface area contributed by atoms with Gasteiger partial charge in [0, 0.05) is 0 Å². The molecule has 10 heavy (non-hydrogen) atoms. The Labute approximate surface area is 125 Å². The maximum atomic E-state index is 8.60. The Morgan fingerprint density at radius 2 is 0.800 bits per heavy atom. The van der Waals surface area contributed by atoms with Crippen molar-refractivity contribution < 1.29 is 128 Å². The molecular weight excluding hydrogens is 328 g/mol. The molecule has 0 aromatic rings. The molecule has 0 spiro atoms. The Morgan fingerprint density at radius 3 is 0.800 bits per heavy atom. The third-order valence-corrected chi connectivity index (χ3v) is 0. The molecule has 48 valence electrons. The first-order chi connectivity index (χ1) is 3.46. The fourth-order valence-corrected chi connectivity index (χ4v) is 0. The van der Waals surface area contributed by atoms with Crippen molar-refractivity contribution in [1.29, 1.82) is 0 Å². The molecule has 0 amide bonds. The zero-order valence-electron chi connectivity index (χ0n) is 5.34. The fourth-order valence-electron chi connectivity index (χ4n) is 0. The molecule has 0 aromatic carbocycles. The van der Waals surface area contributed by atoms with Crippen molar-refractivity contribution in [3.8, 4) is 0 Å². The van der Waals surface area contributed by atoms with Crippen molar-refractivity contribution in [3.05, 3.63) is 0 Å². The Balaban J connectivity index is -0.0000000300. The van der Waals surface area contributed by atoms with Gasteiger partial charge in [0.05, 0.1) is 0 Å². The summed E-state index contributed by atoms with van der Waals surface area (Å²) >= 11 is -8.40. The molecule has 0 atom stereocenters. The van der Waals surface area contributed by atoms with Gasteiger partial charge in [-0.2, -0.15) is 0 Å². The van der Waals surface area contributed by atoms with Crippen LogP contribution in [0.2, 0.25) is 0 Å². The van der Waals surface area contributed by atoms with Crippen LogP contribution in [0.15, 0.2) is 0 Å². The van der Waals surface area contributed by atoms with Crippen LogP contribution < -0.4 is 77.5 Å². The molecule has 0 aliphatic rings. The van der Waals surface area contributed by atoms with Crippen molar-refractivity contribution in [2.75, 3.05) is 0 Å². The van der Waals surface area contributed by atoms with E-state index < -0.39 is 37.6 Å². The normalized spacial score (nSPS) is 5.00. The average Bonchev–Trinajstić information content (AvgIpc) is 1.25. The Bertz CT molecular complexity index is 133. The van der Waals surface area contributed by atoms with Crippen LogP contribution in [0.3, 0.4) is 0 Å². The molecule has 0 fully saturated rings. The molecule has 0 N–H and O–H groups in total. The number of hydrogen-bond donors (Lipinski definition) is 0. The van der Waals surface area contributed by atoms with Gasteiger partial charge in [-0.1, -0.05) is 0 Å². The summed E-state index contributed by atoms with van der Waals surface area (Å²) in [7, 11) is 0. The summed E-state index contributed by atoms with van der Waals surface area (Å²) in [6, 6.07) is 0. The van der Waals surface area contributed by atoms with Crippen molar-refractivity contribution in [1.82, 2.24) is 0 Å². The SMILES string of the molecule is [K+].[Li+].[O]=[Nb](=[O])[O-].[O]=[Nb](=[O])[O-]. The van der Waals surface area contributed by atoms with E-state index in [9.17, 15) is 0 Å². The Kier molecular flexibility index (Phi) is 41.0. The first-order valence-corrected chi connectivity index (χ1v) is 6.48. The van der Waals surface area contributed by atoms with E-state index in [1.54, 1.807) is 0 Å². The zero-order valence-corrected chi connectivity index (χ0v) is 12.9. The number of hydrogen-bond acceptors (Lipinski definition) is 6. The molecule has 0 aliphatic carbocycles. The molecular formula is KLiNb2O6. The summed E-state index contributed by atoms with van der Waals surface area (Å²) < 4.78 is 51.6. The van der Waals surface area contributed by atoms with Gasteiger partial charge in [0.25, 0.3) is 0 Å². The van der Waals surface area contributed by atoms with Crippen molar-refractivity contribution in [2.24, 2.45) is 0 Å². The van der Waals surface area contributed by atoms with Crippen LogP contribution in [0.1, 0.15) is 0 Å². The molecule has 0 unspecified atom stereocenters. The van der Waals surface area contributed by atoms with Crippen LogP contribution >= 0.6 is 0 Å². The Hall–Kier alpha value is 2.83. The van der Waals surface area contributed by atoms with E-state index in [4.69, 9.17) is 20.2 Å². The zero-order chi connectivity index (χ0) is 7.15. The average molecular weight is 328 g/mol. The first kappa shape index (κ1) is 23.0. The second-order valence-corrected chi connectivity index (χ2v) is 2.65. The van der Waals surface area contributed by atoms with Gasteiger partial charge < -0.3 is 0 Å². The predicted octanol–water partition coefficient (Wildman–Crippen LogP) is -8.85. The molecule has 0 aliphatic heterocycles. The Morgan fingerprint density at radius 1 is 0.800 bits per heavy atom.